The fraction of sp³-hybridized carbons (Fsp3) is 0. The molecule has 152 valence electrons. The predicted molar refractivity (Wildman–Crippen MR) is 120 cm³/mol. The van der Waals surface area contributed by atoms with E-state index >= 15 is 0 Å². The molecule has 5 aromatic rings. The minimum atomic E-state index is -1.05. The normalized spacial score (nSPS) is 11.1. The quantitative estimate of drug-likeness (QED) is 0.404. The van der Waals surface area contributed by atoms with Crippen molar-refractivity contribution in [3.05, 3.63) is 73.3 Å². The second-order valence-corrected chi connectivity index (χ2v) is 7.88. The highest BCUT2D eigenvalue weighted by atomic mass is 32.1. The third-order valence-electron chi connectivity index (χ3n) is 4.80. The van der Waals surface area contributed by atoms with Crippen molar-refractivity contribution in [1.82, 2.24) is 19.8 Å². The number of amides is 1. The molecule has 3 N–H and O–H groups in total. The number of hydrogen-bond acceptors (Lipinski definition) is 6. The van der Waals surface area contributed by atoms with Crippen LogP contribution in [0.2, 0.25) is 0 Å². The van der Waals surface area contributed by atoms with E-state index in [0.29, 0.717) is 22.7 Å². The zero-order valence-electron chi connectivity index (χ0n) is 16.0. The van der Waals surface area contributed by atoms with Gasteiger partial charge in [-0.15, -0.1) is 26.2 Å². The summed E-state index contributed by atoms with van der Waals surface area (Å²) in [6.45, 7) is 3.00. The number of halogens is 1. The van der Waals surface area contributed by atoms with Crippen molar-refractivity contribution < 1.29 is 9.18 Å². The van der Waals surface area contributed by atoms with Crippen LogP contribution in [0.4, 0.5) is 15.9 Å². The molecule has 0 aliphatic heterocycles. The molecule has 7 nitrogen and oxygen atoms in total. The molecule has 0 saturated heterocycles. The van der Waals surface area contributed by atoms with Crippen LogP contribution >= 0.6 is 11.3 Å². The Balaban J connectivity index is 1.67. The van der Waals surface area contributed by atoms with E-state index in [9.17, 15) is 9.18 Å². The van der Waals surface area contributed by atoms with Gasteiger partial charge in [0.2, 0.25) is 0 Å². The smallest absolute Gasteiger partial charge is 0.283 e. The van der Waals surface area contributed by atoms with Gasteiger partial charge in [0.05, 0.1) is 5.56 Å². The molecule has 2 aromatic carbocycles. The van der Waals surface area contributed by atoms with Gasteiger partial charge in [-0.2, -0.15) is 0 Å². The molecule has 0 aliphatic carbocycles. The van der Waals surface area contributed by atoms with Crippen molar-refractivity contribution in [3.8, 4) is 21.7 Å². The molecule has 0 radical (unpaired) electrons. The van der Waals surface area contributed by atoms with E-state index in [1.807, 2.05) is 12.1 Å². The number of carbonyl (C=O) groups excluding carboxylic acids is 1. The van der Waals surface area contributed by atoms with Gasteiger partial charge in [0.1, 0.15) is 17.5 Å². The number of rotatable bonds is 4. The maximum atomic E-state index is 13.0. The first-order valence-corrected chi connectivity index (χ1v) is 10.1. The van der Waals surface area contributed by atoms with E-state index in [1.165, 1.54) is 11.0 Å². The Labute approximate surface area is 179 Å². The zero-order valence-corrected chi connectivity index (χ0v) is 16.9. The summed E-state index contributed by atoms with van der Waals surface area (Å²) in [4.78, 5) is 16.6. The summed E-state index contributed by atoms with van der Waals surface area (Å²) in [5.41, 5.74) is 9.54. The van der Waals surface area contributed by atoms with E-state index < -0.39 is 11.7 Å². The molecule has 1 amide bonds. The van der Waals surface area contributed by atoms with Gasteiger partial charge in [-0.3, -0.25) is 4.79 Å². The second-order valence-electron chi connectivity index (χ2n) is 6.79. The molecule has 3 aromatic heterocycles. The number of aromatic nitrogens is 4. The Morgan fingerprint density at radius 1 is 1.16 bits per heavy atom. The Bertz CT molecular complexity index is 1440. The molecule has 0 unspecified atom stereocenters. The number of nitrogens with two attached hydrogens (primary N) is 1. The number of carbonyl (C=O) groups is 1. The highest BCUT2D eigenvalue weighted by Gasteiger charge is 2.21. The first kappa shape index (κ1) is 18.9. The minimum Gasteiger partial charge on any atom is -0.382 e. The van der Waals surface area contributed by atoms with Crippen LogP contribution in [0.5, 0.6) is 0 Å². The van der Waals surface area contributed by atoms with E-state index in [1.54, 1.807) is 35.6 Å². The molecule has 0 saturated carbocycles. The largest absolute Gasteiger partial charge is 0.382 e. The summed E-state index contributed by atoms with van der Waals surface area (Å²) in [6, 6.07) is 17.1. The minimum absolute atomic E-state index is 0.326. The van der Waals surface area contributed by atoms with Crippen molar-refractivity contribution in [1.29, 1.82) is 0 Å². The average Bonchev–Trinajstić information content (AvgIpc) is 3.36. The van der Waals surface area contributed by atoms with Crippen LogP contribution < -0.4 is 11.1 Å². The zero-order chi connectivity index (χ0) is 21.5. The maximum absolute atomic E-state index is 13.0. The monoisotopic (exact) mass is 430 g/mol. The van der Waals surface area contributed by atoms with Gasteiger partial charge < -0.3 is 11.1 Å². The number of benzene rings is 2. The third kappa shape index (κ3) is 3.30. The summed E-state index contributed by atoms with van der Waals surface area (Å²) in [5, 5.41) is 12.4. The van der Waals surface area contributed by atoms with Crippen LogP contribution in [-0.4, -0.2) is 25.7 Å². The molecule has 31 heavy (non-hydrogen) atoms. The number of nitrogens with zero attached hydrogens (tertiary/aromatic N) is 4. The SMILES string of the molecule is C=C(F)C(=O)Nc1ccc(-c2nn3ncnc(N)c3c2-c2cc3ccccc3s2)cc1. The van der Waals surface area contributed by atoms with Crippen molar-refractivity contribution in [2.75, 3.05) is 11.1 Å². The number of nitrogens with one attached hydrogen (secondary N) is 1. The highest BCUT2D eigenvalue weighted by Crippen LogP contribution is 2.42. The Kier molecular flexibility index (Phi) is 4.45. The summed E-state index contributed by atoms with van der Waals surface area (Å²) in [6.07, 6.45) is 1.36. The van der Waals surface area contributed by atoms with E-state index in [4.69, 9.17) is 5.73 Å². The fourth-order valence-corrected chi connectivity index (χ4v) is 4.48. The molecule has 0 aliphatic rings. The second kappa shape index (κ2) is 7.29. The van der Waals surface area contributed by atoms with Crippen LogP contribution in [0, 0.1) is 0 Å². The van der Waals surface area contributed by atoms with Crippen molar-refractivity contribution in [2.24, 2.45) is 0 Å². The van der Waals surface area contributed by atoms with Gasteiger partial charge in [-0.05, 0) is 29.7 Å². The van der Waals surface area contributed by atoms with Gasteiger partial charge >= 0.3 is 0 Å². The summed E-state index contributed by atoms with van der Waals surface area (Å²) >= 11 is 1.63. The first-order chi connectivity index (χ1) is 15.0. The molecule has 0 atom stereocenters. The van der Waals surface area contributed by atoms with Crippen LogP contribution in [-0.2, 0) is 4.79 Å². The first-order valence-electron chi connectivity index (χ1n) is 9.26. The van der Waals surface area contributed by atoms with Gasteiger partial charge in [-0.1, -0.05) is 36.9 Å². The van der Waals surface area contributed by atoms with Crippen molar-refractivity contribution >= 4 is 44.4 Å². The topological polar surface area (TPSA) is 98.2 Å². The maximum Gasteiger partial charge on any atom is 0.283 e. The molecule has 9 heteroatoms. The molecule has 0 bridgehead atoms. The fourth-order valence-electron chi connectivity index (χ4n) is 3.37. The lowest BCUT2D eigenvalue weighted by atomic mass is 10.0. The summed E-state index contributed by atoms with van der Waals surface area (Å²) in [5.74, 6) is -1.61. The van der Waals surface area contributed by atoms with Gasteiger partial charge in [-0.25, -0.2) is 9.37 Å². The van der Waals surface area contributed by atoms with Crippen LogP contribution in [0.1, 0.15) is 0 Å². The van der Waals surface area contributed by atoms with Crippen LogP contribution in [0.15, 0.2) is 73.3 Å². The molecule has 5 rings (SSSR count). The lowest BCUT2D eigenvalue weighted by Crippen LogP contribution is -2.10. The Morgan fingerprint density at radius 3 is 2.68 bits per heavy atom. The number of thiophene rings is 1. The van der Waals surface area contributed by atoms with Gasteiger partial charge in [0.25, 0.3) is 5.91 Å². The molecule has 3 heterocycles. The number of hydrogen-bond donors (Lipinski definition) is 2. The van der Waals surface area contributed by atoms with Gasteiger partial charge in [0, 0.05) is 20.8 Å². The van der Waals surface area contributed by atoms with E-state index in [2.05, 4.69) is 45.3 Å². The number of anilines is 2. The predicted octanol–water partition coefficient (Wildman–Crippen LogP) is 4.68. The van der Waals surface area contributed by atoms with Gasteiger partial charge in [0.15, 0.2) is 11.6 Å². The highest BCUT2D eigenvalue weighted by molar-refractivity contribution is 7.22. The molecular weight excluding hydrogens is 415 g/mol. The molecule has 0 spiro atoms. The molecule has 0 fully saturated rings. The van der Waals surface area contributed by atoms with Crippen LogP contribution in [0.25, 0.3) is 37.3 Å². The summed E-state index contributed by atoms with van der Waals surface area (Å²) < 4.78 is 15.6. The Morgan fingerprint density at radius 2 is 1.94 bits per heavy atom. The standard InChI is InChI=1S/C22H15FN6OS/c1-12(23)22(30)27-15-8-6-13(7-9-15)19-18(20-21(24)25-11-26-29(20)28-19)17-10-14-4-2-3-5-16(14)31-17/h2-11H,1H2,(H,27,30)(H2,24,25,26). The van der Waals surface area contributed by atoms with Crippen molar-refractivity contribution in [3.63, 3.8) is 0 Å². The number of fused-ring (bicyclic) bond motifs is 2. The van der Waals surface area contributed by atoms with Crippen molar-refractivity contribution in [2.45, 2.75) is 0 Å². The lowest BCUT2D eigenvalue weighted by Gasteiger charge is -2.05. The van der Waals surface area contributed by atoms with Crippen LogP contribution in [0.3, 0.4) is 0 Å². The third-order valence-corrected chi connectivity index (χ3v) is 5.94. The Hall–Kier alpha value is -4.11. The van der Waals surface area contributed by atoms with E-state index in [-0.39, 0.29) is 0 Å². The average molecular weight is 430 g/mol. The summed E-state index contributed by atoms with van der Waals surface area (Å²) in [7, 11) is 0. The number of nitrogen functional groups attached to an aromatic ring is 1. The lowest BCUT2D eigenvalue weighted by molar-refractivity contribution is -0.114. The molecular formula is C22H15FN6OS. The van der Waals surface area contributed by atoms with E-state index in [0.717, 1.165) is 26.1 Å².